The van der Waals surface area contributed by atoms with Gasteiger partial charge in [0.2, 0.25) is 0 Å². The second-order valence-electron chi connectivity index (χ2n) is 6.39. The Hall–Kier alpha value is -1.79. The molecular weight excluding hydrogens is 304 g/mol. The van der Waals surface area contributed by atoms with Crippen LogP contribution < -0.4 is 10.2 Å². The third-order valence-corrected chi connectivity index (χ3v) is 4.38. The van der Waals surface area contributed by atoms with E-state index in [1.807, 2.05) is 19.0 Å². The number of amides is 2. The molecule has 1 aliphatic heterocycles. The molecule has 2 amide bonds. The zero-order chi connectivity index (χ0) is 17.4. The third kappa shape index (κ3) is 5.69. The predicted molar refractivity (Wildman–Crippen MR) is 97.5 cm³/mol. The first kappa shape index (κ1) is 18.5. The number of nitrogens with zero attached hydrogens (tertiary/aromatic N) is 3. The third-order valence-electron chi connectivity index (χ3n) is 4.38. The van der Waals surface area contributed by atoms with Crippen molar-refractivity contribution < 1.29 is 9.53 Å². The first-order valence-electron chi connectivity index (χ1n) is 8.60. The fraction of sp³-hybridized carbons (Fsp3) is 0.611. The molecule has 0 atom stereocenters. The topological polar surface area (TPSA) is 48.1 Å². The van der Waals surface area contributed by atoms with Crippen molar-refractivity contribution in [1.29, 1.82) is 0 Å². The zero-order valence-electron chi connectivity index (χ0n) is 15.1. The average Bonchev–Trinajstić information content (AvgIpc) is 2.84. The van der Waals surface area contributed by atoms with E-state index in [1.54, 1.807) is 7.11 Å². The van der Waals surface area contributed by atoms with E-state index in [0.717, 1.165) is 57.0 Å². The summed E-state index contributed by atoms with van der Waals surface area (Å²) in [5.41, 5.74) is 2.28. The summed E-state index contributed by atoms with van der Waals surface area (Å²) in [6, 6.07) is 8.29. The molecule has 1 heterocycles. The minimum Gasteiger partial charge on any atom is -0.383 e. The summed E-state index contributed by atoms with van der Waals surface area (Å²) in [6.07, 6.45) is 1.01. The molecule has 0 aliphatic carbocycles. The molecule has 2 rings (SSSR count). The number of carbonyl (C=O) groups is 1. The van der Waals surface area contributed by atoms with Gasteiger partial charge in [-0.3, -0.25) is 4.90 Å². The lowest BCUT2D eigenvalue weighted by molar-refractivity contribution is 0.149. The smallest absolute Gasteiger partial charge is 0.317 e. The molecule has 24 heavy (non-hydrogen) atoms. The summed E-state index contributed by atoms with van der Waals surface area (Å²) in [6.45, 7) is 5.77. The van der Waals surface area contributed by atoms with Crippen LogP contribution in [0, 0.1) is 0 Å². The Morgan fingerprint density at radius 3 is 2.58 bits per heavy atom. The fourth-order valence-electron chi connectivity index (χ4n) is 2.82. The number of urea groups is 1. The van der Waals surface area contributed by atoms with Gasteiger partial charge in [0.05, 0.1) is 6.61 Å². The molecule has 1 aliphatic rings. The van der Waals surface area contributed by atoms with Crippen LogP contribution in [0.2, 0.25) is 0 Å². The molecule has 134 valence electrons. The SMILES string of the molecule is COCCN1CCCN(C(=O)NCc2ccc(N(C)C)cc2)CC1. The number of hydrogen-bond donors (Lipinski definition) is 1. The Kier molecular flexibility index (Phi) is 7.34. The van der Waals surface area contributed by atoms with Gasteiger partial charge in [-0.05, 0) is 30.7 Å². The molecule has 6 nitrogen and oxygen atoms in total. The normalized spacial score (nSPS) is 15.9. The van der Waals surface area contributed by atoms with Gasteiger partial charge in [-0.25, -0.2) is 4.79 Å². The van der Waals surface area contributed by atoms with Crippen LogP contribution in [0.3, 0.4) is 0 Å². The Bertz CT molecular complexity index is 504. The van der Waals surface area contributed by atoms with Gasteiger partial charge >= 0.3 is 6.03 Å². The highest BCUT2D eigenvalue weighted by atomic mass is 16.5. The number of rotatable bonds is 6. The zero-order valence-corrected chi connectivity index (χ0v) is 15.1. The highest BCUT2D eigenvalue weighted by Gasteiger charge is 2.18. The number of ether oxygens (including phenoxy) is 1. The number of methoxy groups -OCH3 is 1. The van der Waals surface area contributed by atoms with Crippen molar-refractivity contribution in [2.24, 2.45) is 0 Å². The molecule has 0 saturated carbocycles. The number of anilines is 1. The van der Waals surface area contributed by atoms with E-state index in [1.165, 1.54) is 0 Å². The van der Waals surface area contributed by atoms with E-state index in [-0.39, 0.29) is 6.03 Å². The molecule has 0 aromatic heterocycles. The molecule has 0 unspecified atom stereocenters. The summed E-state index contributed by atoms with van der Waals surface area (Å²) in [5, 5.41) is 3.03. The van der Waals surface area contributed by atoms with Gasteiger partial charge < -0.3 is 19.9 Å². The molecule has 0 radical (unpaired) electrons. The van der Waals surface area contributed by atoms with Gasteiger partial charge in [-0.1, -0.05) is 12.1 Å². The van der Waals surface area contributed by atoms with Crippen LogP contribution in [-0.4, -0.2) is 76.4 Å². The molecule has 1 saturated heterocycles. The number of carbonyl (C=O) groups excluding carboxylic acids is 1. The van der Waals surface area contributed by atoms with Crippen LogP contribution in [-0.2, 0) is 11.3 Å². The Morgan fingerprint density at radius 1 is 1.17 bits per heavy atom. The number of hydrogen-bond acceptors (Lipinski definition) is 4. The molecule has 0 bridgehead atoms. The van der Waals surface area contributed by atoms with Crippen molar-refractivity contribution in [2.45, 2.75) is 13.0 Å². The molecule has 6 heteroatoms. The predicted octanol–water partition coefficient (Wildman–Crippen LogP) is 1.62. The van der Waals surface area contributed by atoms with Crippen LogP contribution >= 0.6 is 0 Å². The maximum atomic E-state index is 12.4. The van der Waals surface area contributed by atoms with Crippen LogP contribution in [0.25, 0.3) is 0 Å². The Morgan fingerprint density at radius 2 is 1.92 bits per heavy atom. The minimum absolute atomic E-state index is 0.0280. The highest BCUT2D eigenvalue weighted by molar-refractivity contribution is 5.74. The number of nitrogens with one attached hydrogen (secondary N) is 1. The molecule has 1 aromatic carbocycles. The van der Waals surface area contributed by atoms with E-state index in [2.05, 4.69) is 39.4 Å². The van der Waals surface area contributed by atoms with Gasteiger partial charge in [0.25, 0.3) is 0 Å². The quantitative estimate of drug-likeness (QED) is 0.859. The van der Waals surface area contributed by atoms with Crippen molar-refractivity contribution in [3.63, 3.8) is 0 Å². The first-order chi connectivity index (χ1) is 11.6. The summed E-state index contributed by atoms with van der Waals surface area (Å²) in [4.78, 5) is 18.7. The summed E-state index contributed by atoms with van der Waals surface area (Å²) in [7, 11) is 5.76. The van der Waals surface area contributed by atoms with E-state index in [4.69, 9.17) is 4.74 Å². The van der Waals surface area contributed by atoms with E-state index in [0.29, 0.717) is 6.54 Å². The lowest BCUT2D eigenvalue weighted by Gasteiger charge is -2.22. The first-order valence-corrected chi connectivity index (χ1v) is 8.60. The minimum atomic E-state index is 0.0280. The molecule has 1 aromatic rings. The Labute approximate surface area is 145 Å². The van der Waals surface area contributed by atoms with Gasteiger partial charge in [-0.2, -0.15) is 0 Å². The van der Waals surface area contributed by atoms with Crippen LogP contribution in [0.4, 0.5) is 10.5 Å². The molecular formula is C18H30N4O2. The molecule has 0 spiro atoms. The van der Waals surface area contributed by atoms with Crippen LogP contribution in [0.15, 0.2) is 24.3 Å². The lowest BCUT2D eigenvalue weighted by atomic mass is 10.2. The second kappa shape index (κ2) is 9.49. The summed E-state index contributed by atoms with van der Waals surface area (Å²) >= 11 is 0. The largest absolute Gasteiger partial charge is 0.383 e. The fourth-order valence-corrected chi connectivity index (χ4v) is 2.82. The average molecular weight is 334 g/mol. The summed E-state index contributed by atoms with van der Waals surface area (Å²) < 4.78 is 5.13. The van der Waals surface area contributed by atoms with Crippen LogP contribution in [0.5, 0.6) is 0 Å². The van der Waals surface area contributed by atoms with E-state index < -0.39 is 0 Å². The standard InChI is InChI=1S/C18H30N4O2/c1-20(2)17-7-5-16(6-8-17)15-19-18(23)22-10-4-9-21(11-12-22)13-14-24-3/h5-8H,4,9-15H2,1-3H3,(H,19,23). The van der Waals surface area contributed by atoms with Crippen molar-refractivity contribution in [3.05, 3.63) is 29.8 Å². The van der Waals surface area contributed by atoms with Crippen LogP contribution in [0.1, 0.15) is 12.0 Å². The monoisotopic (exact) mass is 334 g/mol. The Balaban J connectivity index is 1.77. The van der Waals surface area contributed by atoms with Gasteiger partial charge in [0.15, 0.2) is 0 Å². The lowest BCUT2D eigenvalue weighted by Crippen LogP contribution is -2.42. The van der Waals surface area contributed by atoms with Crippen molar-refractivity contribution in [2.75, 3.05) is 65.4 Å². The van der Waals surface area contributed by atoms with E-state index in [9.17, 15) is 4.79 Å². The molecule has 1 fully saturated rings. The van der Waals surface area contributed by atoms with Gasteiger partial charge in [0.1, 0.15) is 0 Å². The van der Waals surface area contributed by atoms with Crippen molar-refractivity contribution >= 4 is 11.7 Å². The van der Waals surface area contributed by atoms with E-state index >= 15 is 0 Å². The molecule has 1 N–H and O–H groups in total. The highest BCUT2D eigenvalue weighted by Crippen LogP contribution is 2.12. The maximum absolute atomic E-state index is 12.4. The van der Waals surface area contributed by atoms with Gasteiger partial charge in [0, 0.05) is 59.6 Å². The summed E-state index contributed by atoms with van der Waals surface area (Å²) in [5.74, 6) is 0. The van der Waals surface area contributed by atoms with Crippen molar-refractivity contribution in [3.8, 4) is 0 Å². The second-order valence-corrected chi connectivity index (χ2v) is 6.39. The van der Waals surface area contributed by atoms with Crippen molar-refractivity contribution in [1.82, 2.24) is 15.1 Å². The maximum Gasteiger partial charge on any atom is 0.317 e. The van der Waals surface area contributed by atoms with Gasteiger partial charge in [-0.15, -0.1) is 0 Å². The number of benzene rings is 1.